The van der Waals surface area contributed by atoms with Gasteiger partial charge in [-0.05, 0) is 97.8 Å². The molecule has 5 nitrogen and oxygen atoms in total. The lowest BCUT2D eigenvalue weighted by Gasteiger charge is -2.02. The molecule has 0 fully saturated rings. The van der Waals surface area contributed by atoms with E-state index in [4.69, 9.17) is 27.7 Å². The molecule has 0 atom stereocenters. The first-order valence-corrected chi connectivity index (χ1v) is 13.4. The van der Waals surface area contributed by atoms with Crippen molar-refractivity contribution >= 4 is 44.3 Å². The van der Waals surface area contributed by atoms with Crippen LogP contribution in [0.25, 0.3) is 11.1 Å². The van der Waals surface area contributed by atoms with E-state index in [-0.39, 0.29) is 0 Å². The highest BCUT2D eigenvalue weighted by Crippen LogP contribution is 2.37. The molecule has 0 amide bonds. The lowest BCUT2D eigenvalue weighted by molar-refractivity contribution is 0.162. The maximum absolute atomic E-state index is 5.62. The van der Waals surface area contributed by atoms with Crippen molar-refractivity contribution in [3.05, 3.63) is 97.1 Å². The number of hydrogen-bond acceptors (Lipinski definition) is 7. The maximum atomic E-state index is 5.62. The lowest BCUT2D eigenvalue weighted by Crippen LogP contribution is -1.85. The molecule has 7 heteroatoms. The van der Waals surface area contributed by atoms with Crippen LogP contribution in [0.1, 0.15) is 13.8 Å². The first-order valence-electron chi connectivity index (χ1n) is 11.3. The Labute approximate surface area is 216 Å². The van der Waals surface area contributed by atoms with Crippen molar-refractivity contribution in [2.24, 2.45) is 0 Å². The molecule has 8 N–H and O–H groups in total. The number of ether oxygens (including phenoxy) is 1. The molecule has 0 spiro atoms. The fraction of sp³-hybridized carbons (Fsp3) is 0.143. The Morgan fingerprint density at radius 2 is 0.714 bits per heavy atom. The van der Waals surface area contributed by atoms with E-state index >= 15 is 0 Å². The lowest BCUT2D eigenvalue weighted by atomic mass is 10.1. The average molecular weight is 507 g/mol. The van der Waals surface area contributed by atoms with Crippen LogP contribution in [-0.2, 0) is 4.74 Å². The van der Waals surface area contributed by atoms with Crippen LogP contribution in [0.5, 0.6) is 0 Å². The van der Waals surface area contributed by atoms with Crippen LogP contribution in [0, 0.1) is 0 Å². The van der Waals surface area contributed by atoms with Crippen molar-refractivity contribution < 1.29 is 4.74 Å². The largest absolute Gasteiger partial charge is 0.399 e. The average Bonchev–Trinajstić information content (AvgIpc) is 2.87. The smallest absolute Gasteiger partial charge is 0.0437 e. The summed E-state index contributed by atoms with van der Waals surface area (Å²) in [5, 5.41) is 0. The zero-order valence-electron chi connectivity index (χ0n) is 20.2. The Morgan fingerprint density at radius 1 is 0.457 bits per heavy atom. The van der Waals surface area contributed by atoms with Gasteiger partial charge in [0.05, 0.1) is 0 Å². The van der Waals surface area contributed by atoms with Crippen LogP contribution in [0.4, 0.5) is 22.7 Å². The highest BCUT2D eigenvalue weighted by atomic mass is 33.1. The van der Waals surface area contributed by atoms with E-state index in [0.717, 1.165) is 47.1 Å². The molecule has 0 radical (unpaired) electrons. The minimum absolute atomic E-state index is 0.782. The van der Waals surface area contributed by atoms with Crippen molar-refractivity contribution in [2.75, 3.05) is 36.1 Å². The van der Waals surface area contributed by atoms with E-state index in [1.54, 1.807) is 21.6 Å². The van der Waals surface area contributed by atoms with E-state index in [1.807, 2.05) is 111 Å². The topological polar surface area (TPSA) is 113 Å². The zero-order chi connectivity index (χ0) is 25.5. The van der Waals surface area contributed by atoms with Crippen molar-refractivity contribution in [2.45, 2.75) is 23.6 Å². The van der Waals surface area contributed by atoms with Gasteiger partial charge in [0.15, 0.2) is 0 Å². The minimum atomic E-state index is 0.782. The Morgan fingerprint density at radius 3 is 0.943 bits per heavy atom. The molecule has 0 bridgehead atoms. The first kappa shape index (κ1) is 28.0. The van der Waals surface area contributed by atoms with Crippen molar-refractivity contribution in [1.29, 1.82) is 0 Å². The first-order chi connectivity index (χ1) is 16.9. The van der Waals surface area contributed by atoms with Gasteiger partial charge in [0.2, 0.25) is 0 Å². The van der Waals surface area contributed by atoms with Gasteiger partial charge in [0.25, 0.3) is 0 Å². The fourth-order valence-electron chi connectivity index (χ4n) is 2.70. The number of nitrogen functional groups attached to an aromatic ring is 4. The van der Waals surface area contributed by atoms with E-state index in [0.29, 0.717) is 0 Å². The number of hydrogen-bond donors (Lipinski definition) is 4. The predicted molar refractivity (Wildman–Crippen MR) is 156 cm³/mol. The molecule has 0 unspecified atom stereocenters. The summed E-state index contributed by atoms with van der Waals surface area (Å²) in [6.45, 7) is 5.67. The highest BCUT2D eigenvalue weighted by Gasteiger charge is 1.98. The number of benzene rings is 4. The van der Waals surface area contributed by atoms with Gasteiger partial charge in [-0.25, -0.2) is 0 Å². The SMILES string of the molecule is CCOCC.Nc1ccc(-c2ccc(N)cc2)cc1.Nc1ccc(SSc2ccc(N)cc2)cc1. The fourth-order valence-corrected chi connectivity index (χ4v) is 4.63. The number of anilines is 4. The maximum Gasteiger partial charge on any atom is 0.0437 e. The summed E-state index contributed by atoms with van der Waals surface area (Å²) in [6.07, 6.45) is 0. The second-order valence-electron chi connectivity index (χ2n) is 7.33. The van der Waals surface area contributed by atoms with E-state index in [2.05, 4.69) is 0 Å². The molecule has 4 aromatic carbocycles. The standard InChI is InChI=1S/C12H12N2S2.C12H12N2.C4H10O/c13-9-1-5-11(6-2-9)15-16-12-7-3-10(14)4-8-12;13-11-5-1-9(2-6-11)10-3-7-12(14)8-4-10;1-3-5-4-2/h1-8H,13-14H2;1-8H,13-14H2;3-4H2,1-2H3. The second kappa shape index (κ2) is 15.6. The summed E-state index contributed by atoms with van der Waals surface area (Å²) in [5.41, 5.74) is 27.9. The summed E-state index contributed by atoms with van der Waals surface area (Å²) in [7, 11) is 3.42. The molecule has 4 aromatic rings. The van der Waals surface area contributed by atoms with Crippen LogP contribution in [-0.4, -0.2) is 13.2 Å². The summed E-state index contributed by atoms with van der Waals surface area (Å²) in [5.74, 6) is 0. The molecule has 4 rings (SSSR count). The molecule has 184 valence electrons. The molecule has 0 heterocycles. The number of rotatable bonds is 6. The molecule has 0 aromatic heterocycles. The third-order valence-electron chi connectivity index (χ3n) is 4.56. The predicted octanol–water partition coefficient (Wildman–Crippen LogP) is 7.21. The van der Waals surface area contributed by atoms with Gasteiger partial charge in [-0.1, -0.05) is 45.9 Å². The molecule has 0 aliphatic rings. The van der Waals surface area contributed by atoms with Crippen molar-refractivity contribution in [3.8, 4) is 11.1 Å². The van der Waals surface area contributed by atoms with Crippen LogP contribution in [0.2, 0.25) is 0 Å². The minimum Gasteiger partial charge on any atom is -0.399 e. The third kappa shape index (κ3) is 11.1. The summed E-state index contributed by atoms with van der Waals surface area (Å²) in [6, 6.07) is 31.3. The van der Waals surface area contributed by atoms with E-state index in [9.17, 15) is 0 Å². The van der Waals surface area contributed by atoms with Gasteiger partial charge in [-0.15, -0.1) is 0 Å². The van der Waals surface area contributed by atoms with Crippen LogP contribution < -0.4 is 22.9 Å². The van der Waals surface area contributed by atoms with Gasteiger partial charge in [0, 0.05) is 45.8 Å². The van der Waals surface area contributed by atoms with Crippen molar-refractivity contribution in [3.63, 3.8) is 0 Å². The van der Waals surface area contributed by atoms with Crippen LogP contribution >= 0.6 is 21.6 Å². The van der Waals surface area contributed by atoms with Gasteiger partial charge in [-0.3, -0.25) is 0 Å². The zero-order valence-corrected chi connectivity index (χ0v) is 21.8. The normalized spacial score (nSPS) is 9.89. The summed E-state index contributed by atoms with van der Waals surface area (Å²) < 4.78 is 4.83. The molecular formula is C28H34N4OS2. The van der Waals surface area contributed by atoms with E-state index in [1.165, 1.54) is 9.79 Å². The van der Waals surface area contributed by atoms with Gasteiger partial charge in [0.1, 0.15) is 0 Å². The molecule has 0 saturated carbocycles. The number of nitrogens with two attached hydrogens (primary N) is 4. The monoisotopic (exact) mass is 506 g/mol. The van der Waals surface area contributed by atoms with E-state index < -0.39 is 0 Å². The molecule has 0 aliphatic heterocycles. The molecule has 0 aliphatic carbocycles. The molecule has 35 heavy (non-hydrogen) atoms. The molecular weight excluding hydrogens is 472 g/mol. The summed E-state index contributed by atoms with van der Waals surface area (Å²) >= 11 is 0. The summed E-state index contributed by atoms with van der Waals surface area (Å²) in [4.78, 5) is 2.38. The second-order valence-corrected chi connectivity index (χ2v) is 9.61. The Hall–Kier alpha value is -3.26. The Balaban J connectivity index is 0.000000209. The van der Waals surface area contributed by atoms with Gasteiger partial charge >= 0.3 is 0 Å². The van der Waals surface area contributed by atoms with Gasteiger partial charge in [-0.2, -0.15) is 0 Å². The third-order valence-corrected chi connectivity index (χ3v) is 6.97. The van der Waals surface area contributed by atoms with Crippen LogP contribution in [0.3, 0.4) is 0 Å². The Kier molecular flexibility index (Phi) is 12.5. The van der Waals surface area contributed by atoms with Crippen molar-refractivity contribution in [1.82, 2.24) is 0 Å². The Bertz CT molecular complexity index is 1010. The molecule has 0 saturated heterocycles. The quantitative estimate of drug-likeness (QED) is 0.161. The highest BCUT2D eigenvalue weighted by molar-refractivity contribution is 8.76. The van der Waals surface area contributed by atoms with Gasteiger partial charge < -0.3 is 27.7 Å². The van der Waals surface area contributed by atoms with Crippen LogP contribution in [0.15, 0.2) is 107 Å².